The van der Waals surface area contributed by atoms with Gasteiger partial charge in [-0.25, -0.2) is 13.6 Å². The predicted octanol–water partition coefficient (Wildman–Crippen LogP) is -0.206. The van der Waals surface area contributed by atoms with Gasteiger partial charge in [0.2, 0.25) is 10.0 Å². The van der Waals surface area contributed by atoms with Crippen molar-refractivity contribution >= 4 is 22.4 Å². The molecule has 1 aliphatic rings. The molecule has 1 aliphatic heterocycles. The number of hydrogen-bond acceptors (Lipinski definition) is 6. The molecule has 7 nitrogen and oxygen atoms in total. The number of sulfonamides is 1. The van der Waals surface area contributed by atoms with E-state index in [0.29, 0.717) is 25.5 Å². The summed E-state index contributed by atoms with van der Waals surface area (Å²) in [4.78, 5) is 2.31. The molecule has 0 aliphatic carbocycles. The quantitative estimate of drug-likeness (QED) is 0.734. The second-order valence-electron chi connectivity index (χ2n) is 4.89. The van der Waals surface area contributed by atoms with Gasteiger partial charge in [0, 0.05) is 26.2 Å². The maximum Gasteiger partial charge on any atom is 0.238 e. The SMILES string of the molecule is Cl.NCC1CN(CCOc2ccc(S(N)(=O)=O)cc2)CCO1. The van der Waals surface area contributed by atoms with Crippen LogP contribution in [0.25, 0.3) is 0 Å². The first kappa shape index (κ1) is 19.1. The van der Waals surface area contributed by atoms with Crippen molar-refractivity contribution in [3.05, 3.63) is 24.3 Å². The zero-order chi connectivity index (χ0) is 15.3. The third-order valence-corrected chi connectivity index (χ3v) is 4.24. The highest BCUT2D eigenvalue weighted by molar-refractivity contribution is 7.89. The van der Waals surface area contributed by atoms with E-state index in [1.807, 2.05) is 0 Å². The molecule has 1 aromatic rings. The Labute approximate surface area is 137 Å². The van der Waals surface area contributed by atoms with Crippen molar-refractivity contribution < 1.29 is 17.9 Å². The van der Waals surface area contributed by atoms with Gasteiger partial charge in [-0.3, -0.25) is 4.90 Å². The summed E-state index contributed by atoms with van der Waals surface area (Å²) in [6.45, 7) is 4.18. The highest BCUT2D eigenvalue weighted by Gasteiger charge is 2.18. The van der Waals surface area contributed by atoms with E-state index in [2.05, 4.69) is 4.90 Å². The normalized spacial score (nSPS) is 19.5. The molecule has 0 radical (unpaired) electrons. The van der Waals surface area contributed by atoms with Crippen molar-refractivity contribution in [1.29, 1.82) is 0 Å². The van der Waals surface area contributed by atoms with Crippen LogP contribution < -0.4 is 15.6 Å². The van der Waals surface area contributed by atoms with Crippen molar-refractivity contribution in [3.8, 4) is 5.75 Å². The third-order valence-electron chi connectivity index (χ3n) is 3.31. The number of rotatable bonds is 6. The minimum atomic E-state index is -3.66. The van der Waals surface area contributed by atoms with E-state index in [-0.39, 0.29) is 23.4 Å². The molecular formula is C13H22ClN3O4S. The topological polar surface area (TPSA) is 108 Å². The highest BCUT2D eigenvalue weighted by atomic mass is 35.5. The molecule has 0 aromatic heterocycles. The number of nitrogens with two attached hydrogens (primary N) is 2. The number of nitrogens with zero attached hydrogens (tertiary/aromatic N) is 1. The molecule has 1 fully saturated rings. The minimum Gasteiger partial charge on any atom is -0.492 e. The second-order valence-corrected chi connectivity index (χ2v) is 6.46. The van der Waals surface area contributed by atoms with Crippen LogP contribution >= 0.6 is 12.4 Å². The molecule has 1 unspecified atom stereocenters. The van der Waals surface area contributed by atoms with E-state index in [4.69, 9.17) is 20.3 Å². The monoisotopic (exact) mass is 351 g/mol. The molecule has 0 bridgehead atoms. The van der Waals surface area contributed by atoms with Crippen molar-refractivity contribution in [2.24, 2.45) is 10.9 Å². The van der Waals surface area contributed by atoms with E-state index in [1.54, 1.807) is 12.1 Å². The van der Waals surface area contributed by atoms with E-state index < -0.39 is 10.0 Å². The fourth-order valence-corrected chi connectivity index (χ4v) is 2.66. The Morgan fingerprint density at radius 1 is 1.32 bits per heavy atom. The number of hydrogen-bond donors (Lipinski definition) is 2. The molecule has 1 aromatic carbocycles. The Hall–Kier alpha value is -0.900. The zero-order valence-electron chi connectivity index (χ0n) is 12.2. The molecule has 0 saturated carbocycles. The van der Waals surface area contributed by atoms with Crippen LogP contribution in [0.3, 0.4) is 0 Å². The van der Waals surface area contributed by atoms with Crippen molar-refractivity contribution in [3.63, 3.8) is 0 Å². The predicted molar refractivity (Wildman–Crippen MR) is 85.8 cm³/mol. The number of morpholine rings is 1. The molecule has 9 heteroatoms. The Morgan fingerprint density at radius 2 is 2.00 bits per heavy atom. The molecule has 2 rings (SSSR count). The third kappa shape index (κ3) is 5.71. The molecule has 1 saturated heterocycles. The lowest BCUT2D eigenvalue weighted by Crippen LogP contribution is -2.46. The van der Waals surface area contributed by atoms with Gasteiger partial charge in [-0.15, -0.1) is 12.4 Å². The van der Waals surface area contributed by atoms with Gasteiger partial charge >= 0.3 is 0 Å². The maximum atomic E-state index is 11.1. The van der Waals surface area contributed by atoms with Gasteiger partial charge in [-0.1, -0.05) is 0 Å². The van der Waals surface area contributed by atoms with Crippen LogP contribution in [0.4, 0.5) is 0 Å². The summed E-state index contributed by atoms with van der Waals surface area (Å²) in [5.74, 6) is 0.617. The highest BCUT2D eigenvalue weighted by Crippen LogP contribution is 2.15. The molecular weight excluding hydrogens is 330 g/mol. The van der Waals surface area contributed by atoms with Crippen LogP contribution in [0.5, 0.6) is 5.75 Å². The average Bonchev–Trinajstić information content (AvgIpc) is 2.47. The molecule has 22 heavy (non-hydrogen) atoms. The lowest BCUT2D eigenvalue weighted by Gasteiger charge is -2.32. The first-order valence-corrected chi connectivity index (χ1v) is 8.33. The van der Waals surface area contributed by atoms with E-state index >= 15 is 0 Å². The standard InChI is InChI=1S/C13H21N3O4S.ClH/c14-9-12-10-16(6-8-20-12)5-7-19-11-1-3-13(4-2-11)21(15,17)18;/h1-4,12H,5-10,14H2,(H2,15,17,18);1H. The molecule has 0 amide bonds. The molecule has 0 spiro atoms. The summed E-state index contributed by atoms with van der Waals surface area (Å²) in [6, 6.07) is 6.07. The van der Waals surface area contributed by atoms with E-state index in [1.165, 1.54) is 12.1 Å². The fourth-order valence-electron chi connectivity index (χ4n) is 2.14. The average molecular weight is 352 g/mol. The lowest BCUT2D eigenvalue weighted by atomic mass is 10.3. The second kappa shape index (κ2) is 8.66. The number of halogens is 1. The number of primary sulfonamides is 1. The maximum absolute atomic E-state index is 11.1. The van der Waals surface area contributed by atoms with Crippen LogP contribution in [0, 0.1) is 0 Å². The number of benzene rings is 1. The molecule has 1 heterocycles. The van der Waals surface area contributed by atoms with Crippen LogP contribution in [0.1, 0.15) is 0 Å². The minimum absolute atomic E-state index is 0. The van der Waals surface area contributed by atoms with E-state index in [0.717, 1.165) is 19.6 Å². The molecule has 126 valence electrons. The van der Waals surface area contributed by atoms with Crippen LogP contribution in [0.15, 0.2) is 29.2 Å². The summed E-state index contributed by atoms with van der Waals surface area (Å²) < 4.78 is 33.4. The van der Waals surface area contributed by atoms with Crippen molar-refractivity contribution in [2.45, 2.75) is 11.0 Å². The van der Waals surface area contributed by atoms with Crippen LogP contribution in [0.2, 0.25) is 0 Å². The smallest absolute Gasteiger partial charge is 0.238 e. The molecule has 4 N–H and O–H groups in total. The summed E-state index contributed by atoms with van der Waals surface area (Å²) in [5.41, 5.74) is 5.59. The van der Waals surface area contributed by atoms with Gasteiger partial charge in [0.1, 0.15) is 12.4 Å². The van der Waals surface area contributed by atoms with Crippen molar-refractivity contribution in [2.75, 3.05) is 39.4 Å². The summed E-state index contributed by atoms with van der Waals surface area (Å²) >= 11 is 0. The number of ether oxygens (including phenoxy) is 2. The molecule has 1 atom stereocenters. The van der Waals surface area contributed by atoms with Crippen LogP contribution in [-0.2, 0) is 14.8 Å². The van der Waals surface area contributed by atoms with Gasteiger partial charge < -0.3 is 15.2 Å². The van der Waals surface area contributed by atoms with Gasteiger partial charge in [0.05, 0.1) is 17.6 Å². The van der Waals surface area contributed by atoms with Crippen LogP contribution in [-0.4, -0.2) is 58.8 Å². The van der Waals surface area contributed by atoms with Gasteiger partial charge in [0.15, 0.2) is 0 Å². The largest absolute Gasteiger partial charge is 0.492 e. The van der Waals surface area contributed by atoms with Gasteiger partial charge in [-0.05, 0) is 24.3 Å². The van der Waals surface area contributed by atoms with Gasteiger partial charge in [0.25, 0.3) is 0 Å². The first-order chi connectivity index (χ1) is 9.99. The zero-order valence-corrected chi connectivity index (χ0v) is 13.8. The van der Waals surface area contributed by atoms with Gasteiger partial charge in [-0.2, -0.15) is 0 Å². The Bertz CT molecular complexity index is 553. The fraction of sp³-hybridized carbons (Fsp3) is 0.538. The summed E-state index contributed by atoms with van der Waals surface area (Å²) in [6.07, 6.45) is 0.0906. The summed E-state index contributed by atoms with van der Waals surface area (Å²) in [5, 5.41) is 5.03. The Balaban J connectivity index is 0.00000242. The Morgan fingerprint density at radius 3 is 2.59 bits per heavy atom. The van der Waals surface area contributed by atoms with Crippen molar-refractivity contribution in [1.82, 2.24) is 4.90 Å². The Kier molecular flexibility index (Phi) is 7.54. The van der Waals surface area contributed by atoms with E-state index in [9.17, 15) is 8.42 Å². The first-order valence-electron chi connectivity index (χ1n) is 6.79. The lowest BCUT2D eigenvalue weighted by molar-refractivity contribution is -0.0261. The summed E-state index contributed by atoms with van der Waals surface area (Å²) in [7, 11) is -3.66.